The Morgan fingerprint density at radius 3 is 2.52 bits per heavy atom. The molecule has 118 valence electrons. The minimum absolute atomic E-state index is 0.0192. The van der Waals surface area contributed by atoms with Gasteiger partial charge in [-0.2, -0.15) is 0 Å². The van der Waals surface area contributed by atoms with Crippen LogP contribution in [0, 0.1) is 11.3 Å². The molecule has 0 heterocycles. The number of benzene rings is 1. The van der Waals surface area contributed by atoms with Gasteiger partial charge in [-0.1, -0.05) is 32.9 Å². The summed E-state index contributed by atoms with van der Waals surface area (Å²) < 4.78 is 5.23. The first-order valence-corrected chi connectivity index (χ1v) is 7.51. The number of hydrogen-bond donors (Lipinski definition) is 2. The van der Waals surface area contributed by atoms with Gasteiger partial charge in [-0.05, 0) is 42.9 Å². The van der Waals surface area contributed by atoms with Crippen LogP contribution in [-0.4, -0.2) is 19.6 Å². The van der Waals surface area contributed by atoms with Gasteiger partial charge in [0.1, 0.15) is 5.75 Å². The molecule has 0 radical (unpaired) electrons. The maximum absolute atomic E-state index is 12.1. The van der Waals surface area contributed by atoms with Crippen LogP contribution < -0.4 is 15.8 Å². The molecule has 0 saturated carbocycles. The van der Waals surface area contributed by atoms with Crippen molar-refractivity contribution in [2.45, 2.75) is 40.0 Å². The zero-order valence-corrected chi connectivity index (χ0v) is 13.6. The SMILES string of the molecule is COc1ccccc1NC(=O)CCC(CCN)C(C)(C)C. The fourth-order valence-corrected chi connectivity index (χ4v) is 2.48. The number of nitrogens with one attached hydrogen (secondary N) is 1. The molecule has 4 nitrogen and oxygen atoms in total. The van der Waals surface area contributed by atoms with E-state index in [0.717, 1.165) is 18.5 Å². The highest BCUT2D eigenvalue weighted by molar-refractivity contribution is 5.92. The van der Waals surface area contributed by atoms with Crippen LogP contribution in [0.2, 0.25) is 0 Å². The average Bonchev–Trinajstić information content (AvgIpc) is 2.42. The Morgan fingerprint density at radius 1 is 1.29 bits per heavy atom. The maximum atomic E-state index is 12.1. The quantitative estimate of drug-likeness (QED) is 0.809. The van der Waals surface area contributed by atoms with Crippen molar-refractivity contribution in [2.24, 2.45) is 17.1 Å². The third kappa shape index (κ3) is 5.76. The Labute approximate surface area is 128 Å². The van der Waals surface area contributed by atoms with E-state index in [-0.39, 0.29) is 11.3 Å². The molecule has 1 unspecified atom stereocenters. The molecule has 1 atom stereocenters. The van der Waals surface area contributed by atoms with E-state index < -0.39 is 0 Å². The van der Waals surface area contributed by atoms with E-state index in [1.54, 1.807) is 7.11 Å². The number of para-hydroxylation sites is 2. The summed E-state index contributed by atoms with van der Waals surface area (Å²) >= 11 is 0. The van der Waals surface area contributed by atoms with Gasteiger partial charge < -0.3 is 15.8 Å². The normalized spacial score (nSPS) is 12.8. The molecule has 1 aromatic carbocycles. The summed E-state index contributed by atoms with van der Waals surface area (Å²) in [5, 5.41) is 2.92. The van der Waals surface area contributed by atoms with Crippen molar-refractivity contribution in [3.05, 3.63) is 24.3 Å². The largest absolute Gasteiger partial charge is 0.495 e. The first-order chi connectivity index (χ1) is 9.88. The third-order valence-electron chi connectivity index (χ3n) is 3.84. The summed E-state index contributed by atoms with van der Waals surface area (Å²) in [6, 6.07) is 7.44. The fraction of sp³-hybridized carbons (Fsp3) is 0.588. The molecular formula is C17H28N2O2. The van der Waals surface area contributed by atoms with E-state index >= 15 is 0 Å². The van der Waals surface area contributed by atoms with Crippen LogP contribution in [0.25, 0.3) is 0 Å². The van der Waals surface area contributed by atoms with Crippen molar-refractivity contribution in [3.8, 4) is 5.75 Å². The zero-order valence-electron chi connectivity index (χ0n) is 13.6. The first-order valence-electron chi connectivity index (χ1n) is 7.51. The van der Waals surface area contributed by atoms with Crippen molar-refractivity contribution >= 4 is 11.6 Å². The lowest BCUT2D eigenvalue weighted by molar-refractivity contribution is -0.116. The van der Waals surface area contributed by atoms with Crippen LogP contribution in [0.15, 0.2) is 24.3 Å². The monoisotopic (exact) mass is 292 g/mol. The molecule has 0 aliphatic heterocycles. The molecule has 0 aliphatic carbocycles. The number of ether oxygens (including phenoxy) is 1. The smallest absolute Gasteiger partial charge is 0.224 e. The van der Waals surface area contributed by atoms with Gasteiger partial charge in [0, 0.05) is 6.42 Å². The minimum Gasteiger partial charge on any atom is -0.495 e. The summed E-state index contributed by atoms with van der Waals surface area (Å²) in [4.78, 5) is 12.1. The maximum Gasteiger partial charge on any atom is 0.224 e. The van der Waals surface area contributed by atoms with Crippen LogP contribution in [0.3, 0.4) is 0 Å². The second-order valence-electron chi connectivity index (χ2n) is 6.43. The lowest BCUT2D eigenvalue weighted by atomic mass is 9.76. The van der Waals surface area contributed by atoms with Crippen molar-refractivity contribution in [3.63, 3.8) is 0 Å². The summed E-state index contributed by atoms with van der Waals surface area (Å²) in [5.74, 6) is 1.15. The Balaban J connectivity index is 2.57. The van der Waals surface area contributed by atoms with Crippen molar-refractivity contribution in [2.75, 3.05) is 19.0 Å². The van der Waals surface area contributed by atoms with Gasteiger partial charge in [-0.3, -0.25) is 4.79 Å². The van der Waals surface area contributed by atoms with E-state index in [1.165, 1.54) is 0 Å². The molecular weight excluding hydrogens is 264 g/mol. The standard InChI is InChI=1S/C17H28N2O2/c1-17(2,3)13(11-12-18)9-10-16(20)19-14-7-5-6-8-15(14)21-4/h5-8,13H,9-12,18H2,1-4H3,(H,19,20). The van der Waals surface area contributed by atoms with Crippen molar-refractivity contribution in [1.29, 1.82) is 0 Å². The number of anilines is 1. The number of hydrogen-bond acceptors (Lipinski definition) is 3. The van der Waals surface area contributed by atoms with Crippen molar-refractivity contribution < 1.29 is 9.53 Å². The van der Waals surface area contributed by atoms with E-state index in [9.17, 15) is 4.79 Å². The molecule has 0 spiro atoms. The molecule has 1 amide bonds. The lowest BCUT2D eigenvalue weighted by Gasteiger charge is -2.30. The Kier molecular flexibility index (Phi) is 6.69. The molecule has 0 saturated heterocycles. The van der Waals surface area contributed by atoms with Crippen LogP contribution in [-0.2, 0) is 4.79 Å². The summed E-state index contributed by atoms with van der Waals surface area (Å²) in [5.41, 5.74) is 6.57. The van der Waals surface area contributed by atoms with Gasteiger partial charge in [0.2, 0.25) is 5.91 Å². The highest BCUT2D eigenvalue weighted by Gasteiger charge is 2.24. The number of rotatable bonds is 7. The molecule has 21 heavy (non-hydrogen) atoms. The molecule has 3 N–H and O–H groups in total. The van der Waals surface area contributed by atoms with Gasteiger partial charge in [0.25, 0.3) is 0 Å². The van der Waals surface area contributed by atoms with E-state index in [4.69, 9.17) is 10.5 Å². The van der Waals surface area contributed by atoms with E-state index in [2.05, 4.69) is 26.1 Å². The highest BCUT2D eigenvalue weighted by atomic mass is 16.5. The Bertz CT molecular complexity index is 452. The average molecular weight is 292 g/mol. The summed E-state index contributed by atoms with van der Waals surface area (Å²) in [6.07, 6.45) is 2.30. The lowest BCUT2D eigenvalue weighted by Crippen LogP contribution is -2.25. The molecule has 1 rings (SSSR count). The molecule has 0 bridgehead atoms. The Hall–Kier alpha value is -1.55. The van der Waals surface area contributed by atoms with Gasteiger partial charge in [0.05, 0.1) is 12.8 Å². The number of carbonyl (C=O) groups is 1. The molecule has 4 heteroatoms. The molecule has 0 fully saturated rings. The summed E-state index contributed by atoms with van der Waals surface area (Å²) in [7, 11) is 1.60. The molecule has 0 aromatic heterocycles. The van der Waals surface area contributed by atoms with Gasteiger partial charge >= 0.3 is 0 Å². The highest BCUT2D eigenvalue weighted by Crippen LogP contribution is 2.32. The van der Waals surface area contributed by atoms with Crippen LogP contribution in [0.1, 0.15) is 40.0 Å². The Morgan fingerprint density at radius 2 is 1.95 bits per heavy atom. The minimum atomic E-state index is 0.0192. The zero-order chi connectivity index (χ0) is 15.9. The first kappa shape index (κ1) is 17.5. The number of methoxy groups -OCH3 is 1. The number of carbonyl (C=O) groups excluding carboxylic acids is 1. The van der Waals surface area contributed by atoms with Crippen molar-refractivity contribution in [1.82, 2.24) is 0 Å². The van der Waals surface area contributed by atoms with E-state index in [1.807, 2.05) is 24.3 Å². The van der Waals surface area contributed by atoms with Crippen LogP contribution in [0.4, 0.5) is 5.69 Å². The van der Waals surface area contributed by atoms with Crippen LogP contribution >= 0.6 is 0 Å². The van der Waals surface area contributed by atoms with Crippen LogP contribution in [0.5, 0.6) is 5.75 Å². The predicted octanol–water partition coefficient (Wildman–Crippen LogP) is 3.43. The predicted molar refractivity (Wildman–Crippen MR) is 87.5 cm³/mol. The topological polar surface area (TPSA) is 64.3 Å². The van der Waals surface area contributed by atoms with E-state index in [0.29, 0.717) is 24.6 Å². The van der Waals surface area contributed by atoms with Gasteiger partial charge in [-0.25, -0.2) is 0 Å². The van der Waals surface area contributed by atoms with Gasteiger partial charge in [-0.15, -0.1) is 0 Å². The number of nitrogens with two attached hydrogens (primary N) is 1. The van der Waals surface area contributed by atoms with Gasteiger partial charge in [0.15, 0.2) is 0 Å². The fourth-order valence-electron chi connectivity index (χ4n) is 2.48. The third-order valence-corrected chi connectivity index (χ3v) is 3.84. The number of amides is 1. The molecule has 0 aliphatic rings. The second kappa shape index (κ2) is 8.03. The summed E-state index contributed by atoms with van der Waals surface area (Å²) in [6.45, 7) is 7.26. The molecule has 1 aromatic rings. The second-order valence-corrected chi connectivity index (χ2v) is 6.43.